The highest BCUT2D eigenvalue weighted by Crippen LogP contribution is 2.51. The van der Waals surface area contributed by atoms with Crippen LogP contribution in [0, 0.1) is 19.8 Å². The lowest BCUT2D eigenvalue weighted by Gasteiger charge is -2.41. The molecule has 1 saturated carbocycles. The SMILES string of the molecule is CCC1CC[N+]2(C3CC3)NCC(c3ccc4c(c3)N(C(=O)Oc3ccc(C)nc3C)CC(C)N4C(C)=O)C12. The predicted molar refractivity (Wildman–Crippen MR) is 147 cm³/mol. The van der Waals surface area contributed by atoms with Crippen LogP contribution in [0.1, 0.15) is 69.3 Å². The molecule has 4 aliphatic rings. The zero-order valence-electron chi connectivity index (χ0n) is 23.2. The molecule has 3 fully saturated rings. The molecule has 0 radical (unpaired) electrons. The van der Waals surface area contributed by atoms with Crippen LogP contribution in [0.15, 0.2) is 30.3 Å². The molecular weight excluding hydrogens is 478 g/mol. The van der Waals surface area contributed by atoms with Crippen molar-refractivity contribution in [1.82, 2.24) is 10.4 Å². The van der Waals surface area contributed by atoms with Gasteiger partial charge in [-0.1, -0.05) is 13.0 Å². The van der Waals surface area contributed by atoms with Crippen molar-refractivity contribution in [2.75, 3.05) is 29.4 Å². The van der Waals surface area contributed by atoms with E-state index in [2.05, 4.69) is 29.5 Å². The van der Waals surface area contributed by atoms with Gasteiger partial charge in [-0.2, -0.15) is 5.43 Å². The summed E-state index contributed by atoms with van der Waals surface area (Å²) in [5.74, 6) is 1.51. The van der Waals surface area contributed by atoms with Gasteiger partial charge in [-0.25, -0.2) is 9.39 Å². The van der Waals surface area contributed by atoms with Crippen LogP contribution in [0.3, 0.4) is 0 Å². The largest absolute Gasteiger partial charge is 0.419 e. The van der Waals surface area contributed by atoms with Crippen LogP contribution in [-0.4, -0.2) is 59.3 Å². The number of quaternary nitrogens is 1. The highest BCUT2D eigenvalue weighted by molar-refractivity contribution is 6.02. The van der Waals surface area contributed by atoms with Gasteiger partial charge < -0.3 is 9.64 Å². The van der Waals surface area contributed by atoms with Gasteiger partial charge in [0.25, 0.3) is 0 Å². The molecule has 6 rings (SSSR count). The standard InChI is InChI=1S/C30H40N5O3/c1-6-22-13-14-35(24-9-10-24)29(22)25(16-31-35)23-8-11-26-27(15-23)33(17-19(3)34(26)21(5)36)30(37)38-28-12-7-18(2)32-20(28)4/h7-8,11-12,15,19,22,24-25,29,31H,6,9-10,13-14,16-17H2,1-5H3/q+1. The fourth-order valence-corrected chi connectivity index (χ4v) is 7.61. The lowest BCUT2D eigenvalue weighted by molar-refractivity contribution is -0.979. The topological polar surface area (TPSA) is 74.8 Å². The molecule has 38 heavy (non-hydrogen) atoms. The van der Waals surface area contributed by atoms with E-state index in [0.29, 0.717) is 35.9 Å². The quantitative estimate of drug-likeness (QED) is 0.587. The Morgan fingerprint density at radius 3 is 2.61 bits per heavy atom. The number of nitrogens with zero attached hydrogens (tertiary/aromatic N) is 4. The van der Waals surface area contributed by atoms with E-state index >= 15 is 0 Å². The Kier molecular flexibility index (Phi) is 6.23. The van der Waals surface area contributed by atoms with Crippen molar-refractivity contribution < 1.29 is 18.9 Å². The summed E-state index contributed by atoms with van der Waals surface area (Å²) in [6.45, 7) is 12.2. The highest BCUT2D eigenvalue weighted by Gasteiger charge is 2.62. The second kappa shape index (κ2) is 9.35. The van der Waals surface area contributed by atoms with Crippen LogP contribution < -0.4 is 20.0 Å². The molecule has 0 spiro atoms. The number of carbonyl (C=O) groups excluding carboxylic acids is 2. The van der Waals surface area contributed by atoms with Crippen LogP contribution >= 0.6 is 0 Å². The first-order valence-corrected chi connectivity index (χ1v) is 14.2. The first-order valence-electron chi connectivity index (χ1n) is 14.2. The maximum absolute atomic E-state index is 13.6. The number of hydrogen-bond acceptors (Lipinski definition) is 5. The maximum Gasteiger partial charge on any atom is 0.419 e. The van der Waals surface area contributed by atoms with E-state index in [9.17, 15) is 9.59 Å². The molecule has 3 aliphatic heterocycles. The van der Waals surface area contributed by atoms with Gasteiger partial charge in [0.05, 0.1) is 42.1 Å². The molecule has 2 amide bonds. The molecule has 1 aliphatic carbocycles. The number of pyridine rings is 1. The molecule has 5 atom stereocenters. The van der Waals surface area contributed by atoms with Gasteiger partial charge in [0.15, 0.2) is 5.75 Å². The number of aromatic nitrogens is 1. The van der Waals surface area contributed by atoms with Crippen molar-refractivity contribution in [3.8, 4) is 5.75 Å². The third kappa shape index (κ3) is 4.00. The molecule has 1 aromatic heterocycles. The van der Waals surface area contributed by atoms with Gasteiger partial charge in [0.1, 0.15) is 12.1 Å². The Hall–Kier alpha value is -2.97. The number of nitrogens with one attached hydrogen (secondary N) is 1. The molecule has 1 N–H and O–H groups in total. The Morgan fingerprint density at radius 1 is 1.13 bits per heavy atom. The zero-order chi connectivity index (χ0) is 26.8. The molecule has 5 unspecified atom stereocenters. The van der Waals surface area contributed by atoms with Gasteiger partial charge in [-0.3, -0.25) is 14.7 Å². The second-order valence-electron chi connectivity index (χ2n) is 11.8. The molecule has 8 nitrogen and oxygen atoms in total. The Bertz CT molecular complexity index is 1280. The van der Waals surface area contributed by atoms with Gasteiger partial charge in [-0.15, -0.1) is 0 Å². The van der Waals surface area contributed by atoms with Crippen LogP contribution in [0.5, 0.6) is 5.75 Å². The minimum absolute atomic E-state index is 0.0214. The summed E-state index contributed by atoms with van der Waals surface area (Å²) in [5, 5.41) is 0. The Morgan fingerprint density at radius 2 is 1.92 bits per heavy atom. The van der Waals surface area contributed by atoms with Crippen molar-refractivity contribution in [2.24, 2.45) is 5.92 Å². The summed E-state index contributed by atoms with van der Waals surface area (Å²) in [6, 6.07) is 11.2. The lowest BCUT2D eigenvalue weighted by atomic mass is 9.83. The zero-order valence-corrected chi connectivity index (χ0v) is 23.2. The van der Waals surface area contributed by atoms with E-state index in [-0.39, 0.29) is 11.9 Å². The normalized spacial score (nSPS) is 30.2. The minimum atomic E-state index is -0.438. The third-order valence-electron chi connectivity index (χ3n) is 9.42. The van der Waals surface area contributed by atoms with E-state index in [1.165, 1.54) is 37.8 Å². The number of hydrogen-bond donors (Lipinski definition) is 1. The summed E-state index contributed by atoms with van der Waals surface area (Å²) in [7, 11) is 0. The number of fused-ring (bicyclic) bond motifs is 2. The number of aryl methyl sites for hydroxylation is 2. The van der Waals surface area contributed by atoms with Crippen molar-refractivity contribution in [1.29, 1.82) is 0 Å². The van der Waals surface area contributed by atoms with Gasteiger partial charge in [-0.05, 0) is 57.0 Å². The van der Waals surface area contributed by atoms with Crippen molar-refractivity contribution in [3.05, 3.63) is 47.3 Å². The molecule has 2 saturated heterocycles. The fourth-order valence-electron chi connectivity index (χ4n) is 7.61. The molecule has 2 aromatic rings. The number of benzene rings is 1. The predicted octanol–water partition coefficient (Wildman–Crippen LogP) is 4.84. The molecule has 0 bridgehead atoms. The minimum Gasteiger partial charge on any atom is -0.408 e. The number of rotatable bonds is 4. The monoisotopic (exact) mass is 518 g/mol. The third-order valence-corrected chi connectivity index (χ3v) is 9.42. The summed E-state index contributed by atoms with van der Waals surface area (Å²) >= 11 is 0. The average Bonchev–Trinajstić information content (AvgIpc) is 3.57. The first-order chi connectivity index (χ1) is 18.2. The Balaban J connectivity index is 1.37. The molecular formula is C30H40N5O3+. The van der Waals surface area contributed by atoms with E-state index in [1.54, 1.807) is 17.9 Å². The average molecular weight is 519 g/mol. The van der Waals surface area contributed by atoms with Crippen LogP contribution in [-0.2, 0) is 4.79 Å². The van der Waals surface area contributed by atoms with Gasteiger partial charge in [0, 0.05) is 44.3 Å². The molecule has 1 aromatic carbocycles. The number of anilines is 2. The van der Waals surface area contributed by atoms with Crippen molar-refractivity contribution in [2.45, 2.75) is 84.3 Å². The summed E-state index contributed by atoms with van der Waals surface area (Å²) in [4.78, 5) is 34.3. The first kappa shape index (κ1) is 25.3. The number of amides is 2. The molecule has 8 heteroatoms. The number of carbonyl (C=O) groups is 2. The molecule has 4 heterocycles. The van der Waals surface area contributed by atoms with Crippen LogP contribution in [0.25, 0.3) is 0 Å². The smallest absolute Gasteiger partial charge is 0.408 e. The second-order valence-corrected chi connectivity index (χ2v) is 11.8. The summed E-state index contributed by atoms with van der Waals surface area (Å²) in [5.41, 5.74) is 8.28. The van der Waals surface area contributed by atoms with Gasteiger partial charge in [0.2, 0.25) is 5.91 Å². The summed E-state index contributed by atoms with van der Waals surface area (Å²) < 4.78 is 6.94. The maximum atomic E-state index is 13.6. The van der Waals surface area contributed by atoms with Crippen molar-refractivity contribution in [3.63, 3.8) is 0 Å². The van der Waals surface area contributed by atoms with Gasteiger partial charge >= 0.3 is 6.09 Å². The van der Waals surface area contributed by atoms with E-state index in [1.807, 2.05) is 37.8 Å². The van der Waals surface area contributed by atoms with E-state index < -0.39 is 6.09 Å². The molecule has 202 valence electrons. The van der Waals surface area contributed by atoms with Crippen LogP contribution in [0.4, 0.5) is 16.2 Å². The van der Waals surface area contributed by atoms with Crippen LogP contribution in [0.2, 0.25) is 0 Å². The van der Waals surface area contributed by atoms with E-state index in [0.717, 1.165) is 34.2 Å². The number of ether oxygens (including phenoxy) is 1. The lowest BCUT2D eigenvalue weighted by Crippen LogP contribution is -2.58. The van der Waals surface area contributed by atoms with Crippen molar-refractivity contribution >= 4 is 23.4 Å². The van der Waals surface area contributed by atoms with E-state index in [4.69, 9.17) is 4.74 Å². The Labute approximate surface area is 225 Å². The highest BCUT2D eigenvalue weighted by atomic mass is 16.6. The summed E-state index contributed by atoms with van der Waals surface area (Å²) in [6.07, 6.45) is 4.65. The fraction of sp³-hybridized carbons (Fsp3) is 0.567.